The summed E-state index contributed by atoms with van der Waals surface area (Å²) < 4.78 is 52.4. The highest BCUT2D eigenvalue weighted by Crippen LogP contribution is 2.15. The molecule has 5 nitrogen and oxygen atoms in total. The first-order valence-electron chi connectivity index (χ1n) is 5.54. The minimum absolute atomic E-state index is 0.0280. The zero-order chi connectivity index (χ0) is 14.8. The molecule has 0 amide bonds. The van der Waals surface area contributed by atoms with Crippen molar-refractivity contribution in [1.82, 2.24) is 9.71 Å². The molecule has 0 bridgehead atoms. The number of nitrogens with zero attached hydrogens (tertiary/aromatic N) is 1. The average molecular weight is 299 g/mol. The van der Waals surface area contributed by atoms with Crippen LogP contribution in [0.1, 0.15) is 5.56 Å². The van der Waals surface area contributed by atoms with Crippen molar-refractivity contribution in [1.29, 1.82) is 0 Å². The molecule has 0 saturated carbocycles. The number of anilines is 1. The van der Waals surface area contributed by atoms with Crippen molar-refractivity contribution in [3.8, 4) is 0 Å². The quantitative estimate of drug-likeness (QED) is 0.894. The van der Waals surface area contributed by atoms with Crippen molar-refractivity contribution >= 4 is 15.7 Å². The molecule has 0 radical (unpaired) electrons. The van der Waals surface area contributed by atoms with Gasteiger partial charge in [0.15, 0.2) is 5.03 Å². The number of sulfonamides is 1. The highest BCUT2D eigenvalue weighted by Gasteiger charge is 2.19. The SMILES string of the molecule is Nc1cccnc1S(=O)(=O)NCc1cc(F)ccc1F. The van der Waals surface area contributed by atoms with Gasteiger partial charge in [-0.2, -0.15) is 0 Å². The highest BCUT2D eigenvalue weighted by molar-refractivity contribution is 7.89. The molecule has 3 N–H and O–H groups in total. The zero-order valence-electron chi connectivity index (χ0n) is 10.2. The summed E-state index contributed by atoms with van der Waals surface area (Å²) in [7, 11) is -3.99. The topological polar surface area (TPSA) is 85.1 Å². The molecule has 1 aromatic carbocycles. The standard InChI is InChI=1S/C12H11F2N3O2S/c13-9-3-4-10(14)8(6-9)7-17-20(18,19)12-11(15)2-1-5-16-12/h1-6,17H,7,15H2. The molecular weight excluding hydrogens is 288 g/mol. The van der Waals surface area contributed by atoms with Crippen LogP contribution in [0.4, 0.5) is 14.5 Å². The van der Waals surface area contributed by atoms with Crippen LogP contribution in [0, 0.1) is 11.6 Å². The van der Waals surface area contributed by atoms with Crippen molar-refractivity contribution in [2.24, 2.45) is 0 Å². The number of nitrogens with one attached hydrogen (secondary N) is 1. The van der Waals surface area contributed by atoms with Gasteiger partial charge in [-0.1, -0.05) is 0 Å². The second-order valence-corrected chi connectivity index (χ2v) is 5.64. The normalized spacial score (nSPS) is 11.5. The van der Waals surface area contributed by atoms with Gasteiger partial charge in [-0.05, 0) is 30.3 Å². The third kappa shape index (κ3) is 3.09. The van der Waals surface area contributed by atoms with Crippen LogP contribution in [0.2, 0.25) is 0 Å². The van der Waals surface area contributed by atoms with Crippen molar-refractivity contribution in [2.45, 2.75) is 11.6 Å². The van der Waals surface area contributed by atoms with Crippen molar-refractivity contribution in [3.05, 3.63) is 53.7 Å². The molecule has 2 rings (SSSR count). The Labute approximate surface area is 114 Å². The number of benzene rings is 1. The minimum atomic E-state index is -3.99. The lowest BCUT2D eigenvalue weighted by Crippen LogP contribution is -2.25. The Bertz CT molecular complexity index is 735. The Balaban J connectivity index is 2.22. The molecule has 0 aliphatic rings. The Morgan fingerprint density at radius 1 is 1.25 bits per heavy atom. The van der Waals surface area contributed by atoms with E-state index in [1.165, 1.54) is 18.3 Å². The lowest BCUT2D eigenvalue weighted by atomic mass is 10.2. The lowest BCUT2D eigenvalue weighted by molar-refractivity contribution is 0.565. The predicted octanol–water partition coefficient (Wildman–Crippen LogP) is 1.42. The molecule has 0 atom stereocenters. The number of rotatable bonds is 4. The molecule has 0 saturated heterocycles. The number of nitrogens with two attached hydrogens (primary N) is 1. The van der Waals surface area contributed by atoms with Gasteiger partial charge >= 0.3 is 0 Å². The van der Waals surface area contributed by atoms with Gasteiger partial charge in [0.05, 0.1) is 5.69 Å². The van der Waals surface area contributed by atoms with Crippen LogP contribution in [0.15, 0.2) is 41.6 Å². The molecule has 20 heavy (non-hydrogen) atoms. The van der Waals surface area contributed by atoms with Crippen LogP contribution in [0.3, 0.4) is 0 Å². The van der Waals surface area contributed by atoms with E-state index in [1.807, 2.05) is 0 Å². The van der Waals surface area contributed by atoms with Crippen LogP contribution >= 0.6 is 0 Å². The van der Waals surface area contributed by atoms with Crippen LogP contribution in [0.25, 0.3) is 0 Å². The number of pyridine rings is 1. The summed E-state index contributed by atoms with van der Waals surface area (Å²) in [6.07, 6.45) is 1.27. The first-order valence-corrected chi connectivity index (χ1v) is 7.02. The van der Waals surface area contributed by atoms with Crippen LogP contribution in [-0.4, -0.2) is 13.4 Å². The van der Waals surface area contributed by atoms with Gasteiger partial charge in [0.2, 0.25) is 0 Å². The summed E-state index contributed by atoms with van der Waals surface area (Å²) in [5.41, 5.74) is 5.38. The van der Waals surface area contributed by atoms with Gasteiger partial charge in [0, 0.05) is 18.3 Å². The monoisotopic (exact) mass is 299 g/mol. The summed E-state index contributed by atoms with van der Waals surface area (Å²) in [5.74, 6) is -1.36. The van der Waals surface area contributed by atoms with E-state index in [0.717, 1.165) is 18.2 Å². The van der Waals surface area contributed by atoms with Crippen LogP contribution in [0.5, 0.6) is 0 Å². The number of aromatic nitrogens is 1. The molecule has 2 aromatic rings. The van der Waals surface area contributed by atoms with E-state index in [1.54, 1.807) is 0 Å². The smallest absolute Gasteiger partial charge is 0.260 e. The largest absolute Gasteiger partial charge is 0.396 e. The van der Waals surface area contributed by atoms with E-state index in [9.17, 15) is 17.2 Å². The Morgan fingerprint density at radius 2 is 2.00 bits per heavy atom. The van der Waals surface area contributed by atoms with E-state index in [-0.39, 0.29) is 16.3 Å². The van der Waals surface area contributed by atoms with Crippen LogP contribution < -0.4 is 10.5 Å². The summed E-state index contributed by atoms with van der Waals surface area (Å²) in [4.78, 5) is 3.66. The Kier molecular flexibility index (Phi) is 3.96. The van der Waals surface area contributed by atoms with E-state index in [0.29, 0.717) is 0 Å². The highest BCUT2D eigenvalue weighted by atomic mass is 32.2. The third-order valence-electron chi connectivity index (χ3n) is 2.52. The van der Waals surface area contributed by atoms with Crippen molar-refractivity contribution in [3.63, 3.8) is 0 Å². The summed E-state index contributed by atoms with van der Waals surface area (Å²) in [6.45, 7) is -0.401. The third-order valence-corrected chi connectivity index (χ3v) is 3.89. The minimum Gasteiger partial charge on any atom is -0.396 e. The van der Waals surface area contributed by atoms with E-state index < -0.39 is 28.2 Å². The van der Waals surface area contributed by atoms with Gasteiger partial charge in [-0.25, -0.2) is 26.9 Å². The Morgan fingerprint density at radius 3 is 2.70 bits per heavy atom. The van der Waals surface area contributed by atoms with Crippen molar-refractivity contribution in [2.75, 3.05) is 5.73 Å². The molecule has 0 spiro atoms. The fraction of sp³-hybridized carbons (Fsp3) is 0.0833. The van der Waals surface area contributed by atoms with Crippen LogP contribution in [-0.2, 0) is 16.6 Å². The van der Waals surface area contributed by atoms with Gasteiger partial charge in [0.1, 0.15) is 11.6 Å². The molecule has 0 unspecified atom stereocenters. The molecule has 8 heteroatoms. The summed E-state index contributed by atoms with van der Waals surface area (Å²) >= 11 is 0. The number of hydrogen-bond acceptors (Lipinski definition) is 4. The zero-order valence-corrected chi connectivity index (χ0v) is 11.0. The number of halogens is 2. The average Bonchev–Trinajstić information content (AvgIpc) is 2.40. The summed E-state index contributed by atoms with van der Waals surface area (Å²) in [6, 6.07) is 5.66. The second kappa shape index (κ2) is 5.51. The maximum Gasteiger partial charge on any atom is 0.260 e. The molecule has 106 valence electrons. The fourth-order valence-corrected chi connectivity index (χ4v) is 2.61. The lowest BCUT2D eigenvalue weighted by Gasteiger charge is -2.08. The molecule has 1 heterocycles. The number of hydrogen-bond donors (Lipinski definition) is 2. The fourth-order valence-electron chi connectivity index (χ4n) is 1.55. The van der Waals surface area contributed by atoms with Gasteiger partial charge in [-0.15, -0.1) is 0 Å². The Hall–Kier alpha value is -2.06. The predicted molar refractivity (Wildman–Crippen MR) is 69.0 cm³/mol. The van der Waals surface area contributed by atoms with Gasteiger partial charge < -0.3 is 5.73 Å². The molecule has 0 aliphatic carbocycles. The maximum absolute atomic E-state index is 13.4. The van der Waals surface area contributed by atoms with E-state index >= 15 is 0 Å². The molecule has 1 aromatic heterocycles. The van der Waals surface area contributed by atoms with E-state index in [4.69, 9.17) is 5.73 Å². The van der Waals surface area contributed by atoms with Gasteiger partial charge in [-0.3, -0.25) is 0 Å². The molecule has 0 aliphatic heterocycles. The molecular formula is C12H11F2N3O2S. The molecule has 0 fully saturated rings. The first-order chi connectivity index (χ1) is 9.40. The number of nitrogen functional groups attached to an aromatic ring is 1. The van der Waals surface area contributed by atoms with Crippen molar-refractivity contribution < 1.29 is 17.2 Å². The van der Waals surface area contributed by atoms with Gasteiger partial charge in [0.25, 0.3) is 10.0 Å². The first kappa shape index (κ1) is 14.4. The summed E-state index contributed by atoms with van der Waals surface area (Å²) in [5, 5.41) is -0.350. The van der Waals surface area contributed by atoms with E-state index in [2.05, 4.69) is 9.71 Å². The maximum atomic E-state index is 13.4. The second-order valence-electron chi connectivity index (χ2n) is 3.96.